The molecule has 0 unspecified atom stereocenters. The van der Waals surface area contributed by atoms with E-state index in [1.165, 1.54) is 0 Å². The summed E-state index contributed by atoms with van der Waals surface area (Å²) in [6.45, 7) is 4.22. The Hall–Kier alpha value is -2.54. The standard InChI is InChI=1S/C20H28N6O/c1-4-6-16(25(2)3)12-22-19-17-8-10-26(13-18(17)23-14-24-19)20(27)15-7-5-9-21-11-15/h5,7,9,11,14,16H,4,6,8,10,12-13H2,1-3H3,(H,22,23,24)/t16-/m1/s1. The summed E-state index contributed by atoms with van der Waals surface area (Å²) in [6, 6.07) is 4.05. The minimum Gasteiger partial charge on any atom is -0.368 e. The number of pyridine rings is 1. The van der Waals surface area contributed by atoms with Gasteiger partial charge in [0.15, 0.2) is 0 Å². The van der Waals surface area contributed by atoms with E-state index in [1.54, 1.807) is 30.9 Å². The lowest BCUT2D eigenvalue weighted by Gasteiger charge is -2.30. The number of rotatable bonds is 7. The molecule has 144 valence electrons. The predicted octanol–water partition coefficient (Wildman–Crippen LogP) is 2.21. The molecule has 0 fully saturated rings. The molecule has 0 aliphatic carbocycles. The number of likely N-dealkylation sites (N-methyl/N-ethyl adjacent to an activating group) is 1. The number of carbonyl (C=O) groups is 1. The van der Waals surface area contributed by atoms with Crippen LogP contribution >= 0.6 is 0 Å². The lowest BCUT2D eigenvalue weighted by molar-refractivity contribution is 0.0731. The number of nitrogens with zero attached hydrogens (tertiary/aromatic N) is 5. The number of fused-ring (bicyclic) bond motifs is 1. The molecule has 1 aliphatic rings. The van der Waals surface area contributed by atoms with Gasteiger partial charge >= 0.3 is 0 Å². The number of hydrogen-bond donors (Lipinski definition) is 1. The minimum absolute atomic E-state index is 0.00232. The van der Waals surface area contributed by atoms with Crippen LogP contribution in [0.1, 0.15) is 41.4 Å². The average Bonchev–Trinajstić information content (AvgIpc) is 2.70. The molecule has 0 saturated carbocycles. The maximum atomic E-state index is 12.7. The number of carbonyl (C=O) groups excluding carboxylic acids is 1. The fourth-order valence-electron chi connectivity index (χ4n) is 3.44. The van der Waals surface area contributed by atoms with Crippen LogP contribution in [0.5, 0.6) is 0 Å². The number of anilines is 1. The van der Waals surface area contributed by atoms with Gasteiger partial charge in [0.05, 0.1) is 17.8 Å². The second-order valence-corrected chi connectivity index (χ2v) is 7.15. The SMILES string of the molecule is CCC[C@H](CNc1ncnc2c1CCN(C(=O)c1cccnc1)C2)N(C)C. The molecule has 0 spiro atoms. The largest absolute Gasteiger partial charge is 0.368 e. The Bertz CT molecular complexity index is 764. The van der Waals surface area contributed by atoms with Crippen LogP contribution in [0, 0.1) is 0 Å². The number of nitrogens with one attached hydrogen (secondary N) is 1. The van der Waals surface area contributed by atoms with E-state index in [1.807, 2.05) is 4.90 Å². The molecule has 0 radical (unpaired) electrons. The van der Waals surface area contributed by atoms with Crippen LogP contribution in [-0.4, -0.2) is 63.9 Å². The third kappa shape index (κ3) is 4.60. The number of aromatic nitrogens is 3. The van der Waals surface area contributed by atoms with Crippen molar-refractivity contribution in [2.75, 3.05) is 32.5 Å². The highest BCUT2D eigenvalue weighted by molar-refractivity contribution is 5.94. The van der Waals surface area contributed by atoms with Crippen LogP contribution in [0.4, 0.5) is 5.82 Å². The molecule has 0 bridgehead atoms. The lowest BCUT2D eigenvalue weighted by atomic mass is 10.0. The van der Waals surface area contributed by atoms with E-state index in [0.717, 1.165) is 42.9 Å². The Labute approximate surface area is 160 Å². The van der Waals surface area contributed by atoms with Crippen LogP contribution < -0.4 is 5.32 Å². The fraction of sp³-hybridized carbons (Fsp3) is 0.500. The van der Waals surface area contributed by atoms with Gasteiger partial charge in [-0.25, -0.2) is 9.97 Å². The minimum atomic E-state index is -0.00232. The van der Waals surface area contributed by atoms with E-state index in [4.69, 9.17) is 0 Å². The maximum Gasteiger partial charge on any atom is 0.255 e. The molecule has 3 heterocycles. The average molecular weight is 368 g/mol. The Morgan fingerprint density at radius 2 is 2.22 bits per heavy atom. The summed E-state index contributed by atoms with van der Waals surface area (Å²) in [5.74, 6) is 0.897. The quantitative estimate of drug-likeness (QED) is 0.808. The van der Waals surface area contributed by atoms with Gasteiger partial charge in [-0.3, -0.25) is 9.78 Å². The van der Waals surface area contributed by atoms with Crippen molar-refractivity contribution in [3.05, 3.63) is 47.7 Å². The van der Waals surface area contributed by atoms with Crippen LogP contribution in [0.2, 0.25) is 0 Å². The molecule has 1 N–H and O–H groups in total. The molecule has 2 aromatic heterocycles. The van der Waals surface area contributed by atoms with Crippen molar-refractivity contribution < 1.29 is 4.79 Å². The van der Waals surface area contributed by atoms with Crippen molar-refractivity contribution in [1.29, 1.82) is 0 Å². The normalized spacial score (nSPS) is 14.7. The van der Waals surface area contributed by atoms with Gasteiger partial charge in [-0.1, -0.05) is 13.3 Å². The molecule has 7 nitrogen and oxygen atoms in total. The maximum absolute atomic E-state index is 12.7. The molecule has 1 aliphatic heterocycles. The zero-order valence-corrected chi connectivity index (χ0v) is 16.4. The van der Waals surface area contributed by atoms with Crippen LogP contribution in [0.25, 0.3) is 0 Å². The van der Waals surface area contributed by atoms with E-state index in [0.29, 0.717) is 24.7 Å². The second-order valence-electron chi connectivity index (χ2n) is 7.15. The second kappa shape index (κ2) is 8.90. The summed E-state index contributed by atoms with van der Waals surface area (Å²) in [5.41, 5.74) is 2.66. The molecule has 27 heavy (non-hydrogen) atoms. The fourth-order valence-corrected chi connectivity index (χ4v) is 3.44. The van der Waals surface area contributed by atoms with Gasteiger partial charge < -0.3 is 15.1 Å². The van der Waals surface area contributed by atoms with Crippen molar-refractivity contribution in [2.24, 2.45) is 0 Å². The zero-order valence-electron chi connectivity index (χ0n) is 16.4. The summed E-state index contributed by atoms with van der Waals surface area (Å²) in [5, 5.41) is 3.51. The Balaban J connectivity index is 1.70. The first-order valence-corrected chi connectivity index (χ1v) is 9.52. The van der Waals surface area contributed by atoms with Gasteiger partial charge in [-0.05, 0) is 39.1 Å². The smallest absolute Gasteiger partial charge is 0.255 e. The van der Waals surface area contributed by atoms with Crippen molar-refractivity contribution in [1.82, 2.24) is 24.8 Å². The molecule has 1 atom stereocenters. The van der Waals surface area contributed by atoms with Gasteiger partial charge in [0.25, 0.3) is 5.91 Å². The van der Waals surface area contributed by atoms with Gasteiger partial charge in [-0.2, -0.15) is 0 Å². The first-order chi connectivity index (χ1) is 13.1. The molecule has 0 saturated heterocycles. The highest BCUT2D eigenvalue weighted by atomic mass is 16.2. The van der Waals surface area contributed by atoms with Gasteiger partial charge in [0.1, 0.15) is 12.1 Å². The summed E-state index contributed by atoms with van der Waals surface area (Å²) >= 11 is 0. The van der Waals surface area contributed by atoms with Crippen molar-refractivity contribution in [3.63, 3.8) is 0 Å². The first-order valence-electron chi connectivity index (χ1n) is 9.52. The van der Waals surface area contributed by atoms with Crippen LogP contribution in [0.3, 0.4) is 0 Å². The predicted molar refractivity (Wildman–Crippen MR) is 106 cm³/mol. The van der Waals surface area contributed by atoms with Crippen molar-refractivity contribution in [3.8, 4) is 0 Å². The highest BCUT2D eigenvalue weighted by Gasteiger charge is 2.25. The van der Waals surface area contributed by atoms with Gasteiger partial charge in [0, 0.05) is 37.1 Å². The number of hydrogen-bond acceptors (Lipinski definition) is 6. The van der Waals surface area contributed by atoms with E-state index in [2.05, 4.69) is 46.2 Å². The lowest BCUT2D eigenvalue weighted by Crippen LogP contribution is -2.38. The molecule has 1 amide bonds. The van der Waals surface area contributed by atoms with Crippen LogP contribution in [-0.2, 0) is 13.0 Å². The van der Waals surface area contributed by atoms with E-state index >= 15 is 0 Å². The summed E-state index contributed by atoms with van der Waals surface area (Å²) in [6.07, 6.45) is 7.92. The van der Waals surface area contributed by atoms with Crippen LogP contribution in [0.15, 0.2) is 30.9 Å². The van der Waals surface area contributed by atoms with E-state index < -0.39 is 0 Å². The monoisotopic (exact) mass is 368 g/mol. The molecular formula is C20H28N6O. The van der Waals surface area contributed by atoms with Crippen molar-refractivity contribution in [2.45, 2.75) is 38.8 Å². The van der Waals surface area contributed by atoms with E-state index in [9.17, 15) is 4.79 Å². The molecular weight excluding hydrogens is 340 g/mol. The summed E-state index contributed by atoms with van der Waals surface area (Å²) in [4.78, 5) is 29.7. The summed E-state index contributed by atoms with van der Waals surface area (Å²) < 4.78 is 0. The molecule has 7 heteroatoms. The molecule has 2 aromatic rings. The number of amides is 1. The Morgan fingerprint density at radius 3 is 2.93 bits per heavy atom. The van der Waals surface area contributed by atoms with Gasteiger partial charge in [-0.15, -0.1) is 0 Å². The third-order valence-electron chi connectivity index (χ3n) is 5.06. The first kappa shape index (κ1) is 19.2. The van der Waals surface area contributed by atoms with E-state index in [-0.39, 0.29) is 5.91 Å². The summed E-state index contributed by atoms with van der Waals surface area (Å²) in [7, 11) is 4.22. The molecule has 0 aromatic carbocycles. The highest BCUT2D eigenvalue weighted by Crippen LogP contribution is 2.24. The molecule has 3 rings (SSSR count). The van der Waals surface area contributed by atoms with Gasteiger partial charge in [0.2, 0.25) is 0 Å². The Kier molecular flexibility index (Phi) is 6.34. The Morgan fingerprint density at radius 1 is 1.37 bits per heavy atom. The topological polar surface area (TPSA) is 74.2 Å². The van der Waals surface area contributed by atoms with Crippen molar-refractivity contribution >= 4 is 11.7 Å². The third-order valence-corrected chi connectivity index (χ3v) is 5.06. The zero-order chi connectivity index (χ0) is 19.2.